The molecule has 0 saturated carbocycles. The van der Waals surface area contributed by atoms with Gasteiger partial charge in [0.2, 0.25) is 0 Å². The van der Waals surface area contributed by atoms with E-state index >= 15 is 0 Å². The van der Waals surface area contributed by atoms with Gasteiger partial charge in [-0.15, -0.1) is 0 Å². The predicted octanol–water partition coefficient (Wildman–Crippen LogP) is 4.01. The smallest absolute Gasteiger partial charge is 0.146 e. The average Bonchev–Trinajstić information content (AvgIpc) is 2.46. The summed E-state index contributed by atoms with van der Waals surface area (Å²) in [5, 5.41) is 3.12. The summed E-state index contributed by atoms with van der Waals surface area (Å²) in [7, 11) is 1.57. The predicted molar refractivity (Wildman–Crippen MR) is 76.1 cm³/mol. The van der Waals surface area contributed by atoms with Crippen LogP contribution >= 0.6 is 0 Å². The van der Waals surface area contributed by atoms with Crippen molar-refractivity contribution >= 4 is 5.69 Å². The van der Waals surface area contributed by atoms with Crippen LogP contribution in [0.3, 0.4) is 0 Å². The first kappa shape index (κ1) is 13.4. The first-order valence-electron chi connectivity index (χ1n) is 6.38. The van der Waals surface area contributed by atoms with Crippen molar-refractivity contribution in [3.63, 3.8) is 0 Å². The highest BCUT2D eigenvalue weighted by molar-refractivity contribution is 5.50. The SMILES string of the molecule is CCc1ccccc1CNc1cc(OC)ccc1F. The lowest BCUT2D eigenvalue weighted by atomic mass is 10.1. The van der Waals surface area contributed by atoms with Crippen molar-refractivity contribution in [2.75, 3.05) is 12.4 Å². The zero-order valence-electron chi connectivity index (χ0n) is 11.2. The topological polar surface area (TPSA) is 21.3 Å². The Kier molecular flexibility index (Phi) is 4.39. The number of aryl methyl sites for hydroxylation is 1. The largest absolute Gasteiger partial charge is 0.497 e. The summed E-state index contributed by atoms with van der Waals surface area (Å²) in [5.41, 5.74) is 2.93. The number of benzene rings is 2. The van der Waals surface area contributed by atoms with E-state index in [-0.39, 0.29) is 5.82 Å². The molecule has 0 aliphatic rings. The lowest BCUT2D eigenvalue weighted by Crippen LogP contribution is -2.04. The molecule has 2 aromatic rings. The van der Waals surface area contributed by atoms with Gasteiger partial charge in [-0.3, -0.25) is 0 Å². The minimum Gasteiger partial charge on any atom is -0.497 e. The van der Waals surface area contributed by atoms with E-state index in [4.69, 9.17) is 4.74 Å². The second-order valence-corrected chi connectivity index (χ2v) is 4.32. The highest BCUT2D eigenvalue weighted by Gasteiger charge is 2.05. The molecule has 0 amide bonds. The van der Waals surface area contributed by atoms with Crippen LogP contribution in [0.2, 0.25) is 0 Å². The molecule has 2 aromatic carbocycles. The number of halogens is 1. The van der Waals surface area contributed by atoms with Crippen LogP contribution in [0.15, 0.2) is 42.5 Å². The molecule has 0 spiro atoms. The minimum absolute atomic E-state index is 0.269. The number of hydrogen-bond donors (Lipinski definition) is 1. The third kappa shape index (κ3) is 3.25. The van der Waals surface area contributed by atoms with Gasteiger partial charge in [0.1, 0.15) is 11.6 Å². The molecular formula is C16H18FNO. The molecule has 2 rings (SSSR count). The van der Waals surface area contributed by atoms with Gasteiger partial charge in [0.15, 0.2) is 0 Å². The van der Waals surface area contributed by atoms with Crippen LogP contribution in [-0.4, -0.2) is 7.11 Å². The third-order valence-corrected chi connectivity index (χ3v) is 3.14. The van der Waals surface area contributed by atoms with Crippen molar-refractivity contribution in [3.05, 3.63) is 59.4 Å². The Hall–Kier alpha value is -2.03. The Morgan fingerprint density at radius 3 is 2.53 bits per heavy atom. The van der Waals surface area contributed by atoms with Crippen LogP contribution < -0.4 is 10.1 Å². The van der Waals surface area contributed by atoms with E-state index in [9.17, 15) is 4.39 Å². The molecule has 0 aliphatic heterocycles. The van der Waals surface area contributed by atoms with Gasteiger partial charge in [0.25, 0.3) is 0 Å². The number of rotatable bonds is 5. The van der Waals surface area contributed by atoms with E-state index in [1.54, 1.807) is 19.2 Å². The molecule has 0 unspecified atom stereocenters. The zero-order chi connectivity index (χ0) is 13.7. The lowest BCUT2D eigenvalue weighted by Gasteiger charge is -2.12. The fourth-order valence-electron chi connectivity index (χ4n) is 2.03. The minimum atomic E-state index is -0.269. The summed E-state index contributed by atoms with van der Waals surface area (Å²) in [6, 6.07) is 12.9. The van der Waals surface area contributed by atoms with E-state index in [0.29, 0.717) is 18.0 Å². The number of methoxy groups -OCH3 is 1. The van der Waals surface area contributed by atoms with Crippen molar-refractivity contribution in [1.29, 1.82) is 0 Å². The van der Waals surface area contributed by atoms with E-state index in [0.717, 1.165) is 6.42 Å². The number of hydrogen-bond acceptors (Lipinski definition) is 2. The summed E-state index contributed by atoms with van der Waals surface area (Å²) >= 11 is 0. The van der Waals surface area contributed by atoms with Crippen LogP contribution in [0.1, 0.15) is 18.1 Å². The molecule has 100 valence electrons. The van der Waals surface area contributed by atoms with Crippen LogP contribution in [0.25, 0.3) is 0 Å². The molecule has 0 bridgehead atoms. The van der Waals surface area contributed by atoms with E-state index < -0.39 is 0 Å². The standard InChI is InChI=1S/C16H18FNO/c1-3-12-6-4-5-7-13(12)11-18-16-10-14(19-2)8-9-15(16)17/h4-10,18H,3,11H2,1-2H3. The fourth-order valence-corrected chi connectivity index (χ4v) is 2.03. The molecule has 0 atom stereocenters. The summed E-state index contributed by atoms with van der Waals surface area (Å²) in [4.78, 5) is 0. The highest BCUT2D eigenvalue weighted by Crippen LogP contribution is 2.22. The highest BCUT2D eigenvalue weighted by atomic mass is 19.1. The monoisotopic (exact) mass is 259 g/mol. The Morgan fingerprint density at radius 1 is 1.11 bits per heavy atom. The molecule has 1 N–H and O–H groups in total. The Morgan fingerprint density at radius 2 is 1.84 bits per heavy atom. The Bertz CT molecular complexity index is 554. The molecule has 0 aromatic heterocycles. The number of ether oxygens (including phenoxy) is 1. The van der Waals surface area contributed by atoms with Gasteiger partial charge < -0.3 is 10.1 Å². The molecule has 0 radical (unpaired) electrons. The normalized spacial score (nSPS) is 10.3. The second-order valence-electron chi connectivity index (χ2n) is 4.32. The van der Waals surface area contributed by atoms with Gasteiger partial charge in [-0.05, 0) is 29.7 Å². The molecule has 19 heavy (non-hydrogen) atoms. The maximum Gasteiger partial charge on any atom is 0.146 e. The average molecular weight is 259 g/mol. The maximum absolute atomic E-state index is 13.7. The quantitative estimate of drug-likeness (QED) is 0.876. The van der Waals surface area contributed by atoms with E-state index in [2.05, 4.69) is 24.4 Å². The fraction of sp³-hybridized carbons (Fsp3) is 0.250. The van der Waals surface area contributed by atoms with Gasteiger partial charge in [0, 0.05) is 12.6 Å². The Balaban J connectivity index is 2.14. The molecule has 0 fully saturated rings. The maximum atomic E-state index is 13.7. The molecule has 0 aliphatic carbocycles. The third-order valence-electron chi connectivity index (χ3n) is 3.14. The number of anilines is 1. The van der Waals surface area contributed by atoms with Crippen LogP contribution in [0, 0.1) is 5.82 Å². The van der Waals surface area contributed by atoms with Gasteiger partial charge in [-0.1, -0.05) is 31.2 Å². The summed E-state index contributed by atoms with van der Waals surface area (Å²) in [6.45, 7) is 2.72. The van der Waals surface area contributed by atoms with Crippen molar-refractivity contribution in [2.24, 2.45) is 0 Å². The number of nitrogens with one attached hydrogen (secondary N) is 1. The lowest BCUT2D eigenvalue weighted by molar-refractivity contribution is 0.414. The first-order chi connectivity index (χ1) is 9.24. The van der Waals surface area contributed by atoms with Gasteiger partial charge in [-0.2, -0.15) is 0 Å². The molecule has 0 saturated heterocycles. The van der Waals surface area contributed by atoms with E-state index in [1.165, 1.54) is 17.2 Å². The molecule has 0 heterocycles. The van der Waals surface area contributed by atoms with Crippen molar-refractivity contribution in [3.8, 4) is 5.75 Å². The van der Waals surface area contributed by atoms with Crippen LogP contribution in [0.4, 0.5) is 10.1 Å². The molecular weight excluding hydrogens is 241 g/mol. The van der Waals surface area contributed by atoms with Crippen LogP contribution in [-0.2, 0) is 13.0 Å². The van der Waals surface area contributed by atoms with Crippen molar-refractivity contribution < 1.29 is 9.13 Å². The molecule has 2 nitrogen and oxygen atoms in total. The summed E-state index contributed by atoms with van der Waals surface area (Å²) < 4.78 is 18.8. The van der Waals surface area contributed by atoms with Crippen LogP contribution in [0.5, 0.6) is 5.75 Å². The molecule has 3 heteroatoms. The summed E-state index contributed by atoms with van der Waals surface area (Å²) in [6.07, 6.45) is 0.971. The van der Waals surface area contributed by atoms with Crippen molar-refractivity contribution in [1.82, 2.24) is 0 Å². The second kappa shape index (κ2) is 6.23. The Labute approximate surface area is 113 Å². The van der Waals surface area contributed by atoms with E-state index in [1.807, 2.05) is 12.1 Å². The zero-order valence-corrected chi connectivity index (χ0v) is 11.2. The van der Waals surface area contributed by atoms with Gasteiger partial charge in [0.05, 0.1) is 12.8 Å². The van der Waals surface area contributed by atoms with Gasteiger partial charge >= 0.3 is 0 Å². The first-order valence-corrected chi connectivity index (χ1v) is 6.38. The summed E-state index contributed by atoms with van der Waals surface area (Å²) in [5.74, 6) is 0.377. The van der Waals surface area contributed by atoms with Gasteiger partial charge in [-0.25, -0.2) is 4.39 Å². The van der Waals surface area contributed by atoms with Crippen molar-refractivity contribution in [2.45, 2.75) is 19.9 Å².